The van der Waals surface area contributed by atoms with Gasteiger partial charge < -0.3 is 38.7 Å². The number of ether oxygens (including phenoxy) is 3. The average Bonchev–Trinajstić information content (AvgIpc) is 3.65. The van der Waals surface area contributed by atoms with Crippen LogP contribution in [0.1, 0.15) is 88.9 Å². The number of carbonyl (C=O) groups excluding carboxylic acids is 4. The summed E-state index contributed by atoms with van der Waals surface area (Å²) in [6, 6.07) is 15.3. The lowest BCUT2D eigenvalue weighted by Gasteiger charge is -2.42. The molecule has 2 atom stereocenters. The first-order valence-corrected chi connectivity index (χ1v) is 20.9. The second-order valence-electron chi connectivity index (χ2n) is 18.4. The summed E-state index contributed by atoms with van der Waals surface area (Å²) in [5.41, 5.74) is 1.24. The number of nitrogens with zero attached hydrogens (tertiary/aromatic N) is 5. The summed E-state index contributed by atoms with van der Waals surface area (Å²) in [7, 11) is 0. The van der Waals surface area contributed by atoms with E-state index in [0.29, 0.717) is 80.2 Å². The van der Waals surface area contributed by atoms with Gasteiger partial charge in [0.2, 0.25) is 0 Å². The second kappa shape index (κ2) is 18.1. The van der Waals surface area contributed by atoms with Crippen LogP contribution in [-0.2, 0) is 9.47 Å². The van der Waals surface area contributed by atoms with Gasteiger partial charge in [-0.15, -0.1) is 0 Å². The molecule has 3 saturated heterocycles. The number of hydrogen-bond acceptors (Lipinski definition) is 8. The van der Waals surface area contributed by atoms with Gasteiger partial charge in [-0.3, -0.25) is 9.59 Å². The highest BCUT2D eigenvalue weighted by molar-refractivity contribution is 5.98. The van der Waals surface area contributed by atoms with Gasteiger partial charge in [-0.2, -0.15) is 0 Å². The number of likely N-dealkylation sites (tertiary alicyclic amines) is 1. The van der Waals surface area contributed by atoms with E-state index >= 15 is 4.39 Å². The second-order valence-corrected chi connectivity index (χ2v) is 18.4. The van der Waals surface area contributed by atoms with Crippen LogP contribution >= 0.6 is 0 Å². The van der Waals surface area contributed by atoms with E-state index in [1.54, 1.807) is 51.1 Å². The van der Waals surface area contributed by atoms with Crippen molar-refractivity contribution in [2.45, 2.75) is 91.6 Å². The highest BCUT2D eigenvalue weighted by atomic mass is 19.1. The third kappa shape index (κ3) is 11.2. The lowest BCUT2D eigenvalue weighted by molar-refractivity contribution is 0.0238. The summed E-state index contributed by atoms with van der Waals surface area (Å²) >= 11 is 0. The Kier molecular flexibility index (Phi) is 13.3. The summed E-state index contributed by atoms with van der Waals surface area (Å²) < 4.78 is 46.7. The highest BCUT2D eigenvalue weighted by Gasteiger charge is 2.36. The SMILES string of the molecule is CC(C)C[C@H]1CN(C(=O)c2cc(F)cc(N3CCN(C(=O)OC(C)(C)C)CC3)c2)CCN1C(=O)c1ccc(O[C@H]2CCN(C(=O)OC(C)(C)C)C2)c(-c2ccc(F)cc2)c1. The summed E-state index contributed by atoms with van der Waals surface area (Å²) in [4.78, 5) is 62.6. The normalized spacial score (nSPS) is 18.8. The molecule has 3 aromatic rings. The fraction of sp³-hybridized carbons (Fsp3) is 0.522. The minimum Gasteiger partial charge on any atom is -0.488 e. The predicted molar refractivity (Wildman–Crippen MR) is 225 cm³/mol. The predicted octanol–water partition coefficient (Wildman–Crippen LogP) is 8.09. The number of halogens is 2. The van der Waals surface area contributed by atoms with E-state index in [1.165, 1.54) is 24.3 Å². The molecule has 0 aliphatic carbocycles. The highest BCUT2D eigenvalue weighted by Crippen LogP contribution is 2.35. The Hall–Kier alpha value is -5.40. The Balaban J connectivity index is 1.17. The van der Waals surface area contributed by atoms with Gasteiger partial charge in [0.15, 0.2) is 0 Å². The molecule has 12 nitrogen and oxygen atoms in total. The van der Waals surface area contributed by atoms with Gasteiger partial charge in [0.05, 0.1) is 6.54 Å². The standard InChI is InChI=1S/C46H59F2N5O7/c1-30(2)23-37-28-51(41(54)33-24-35(48)27-36(25-33)49-17-19-50(20-18-49)43(56)59-45(3,4)5)21-22-53(37)42(55)32-11-14-40(39(26-32)31-9-12-34(47)13-10-31)58-38-15-16-52(29-38)44(57)60-46(6,7)8/h9-14,24-27,30,37-38H,15-23,28-29H2,1-8H3/t37-,38-/m0/s1. The fourth-order valence-electron chi connectivity index (χ4n) is 7.87. The van der Waals surface area contributed by atoms with Crippen molar-refractivity contribution in [1.82, 2.24) is 19.6 Å². The van der Waals surface area contributed by atoms with Crippen molar-refractivity contribution in [2.75, 3.05) is 63.8 Å². The first-order valence-electron chi connectivity index (χ1n) is 20.9. The van der Waals surface area contributed by atoms with Crippen molar-refractivity contribution in [3.63, 3.8) is 0 Å². The monoisotopic (exact) mass is 831 g/mol. The van der Waals surface area contributed by atoms with Crippen molar-refractivity contribution in [3.05, 3.63) is 83.4 Å². The van der Waals surface area contributed by atoms with E-state index in [9.17, 15) is 23.6 Å². The van der Waals surface area contributed by atoms with E-state index in [0.717, 1.165) is 0 Å². The molecule has 60 heavy (non-hydrogen) atoms. The Morgan fingerprint density at radius 2 is 1.30 bits per heavy atom. The quantitative estimate of drug-likeness (QED) is 0.224. The van der Waals surface area contributed by atoms with Crippen molar-refractivity contribution < 1.29 is 42.2 Å². The molecule has 3 aliphatic rings. The maximum absolute atomic E-state index is 15.1. The largest absolute Gasteiger partial charge is 0.488 e. The summed E-state index contributed by atoms with van der Waals surface area (Å²) in [5.74, 6) is -0.746. The number of anilines is 1. The van der Waals surface area contributed by atoms with Gasteiger partial charge in [-0.1, -0.05) is 26.0 Å². The molecule has 0 radical (unpaired) electrons. The minimum absolute atomic E-state index is 0.206. The van der Waals surface area contributed by atoms with E-state index in [4.69, 9.17) is 14.2 Å². The molecule has 0 N–H and O–H groups in total. The van der Waals surface area contributed by atoms with Crippen LogP contribution in [0.15, 0.2) is 60.7 Å². The van der Waals surface area contributed by atoms with E-state index in [1.807, 2.05) is 51.3 Å². The molecule has 0 unspecified atom stereocenters. The third-order valence-corrected chi connectivity index (χ3v) is 10.7. The van der Waals surface area contributed by atoms with E-state index < -0.39 is 28.9 Å². The van der Waals surface area contributed by atoms with Crippen LogP contribution in [0.25, 0.3) is 11.1 Å². The number of hydrogen-bond donors (Lipinski definition) is 0. The van der Waals surface area contributed by atoms with Crippen LogP contribution < -0.4 is 9.64 Å². The molecule has 3 aromatic carbocycles. The maximum atomic E-state index is 15.1. The Morgan fingerprint density at radius 1 is 0.667 bits per heavy atom. The van der Waals surface area contributed by atoms with Gasteiger partial charge in [-0.25, -0.2) is 18.4 Å². The van der Waals surface area contributed by atoms with Crippen LogP contribution in [0.5, 0.6) is 5.75 Å². The molecule has 4 amide bonds. The lowest BCUT2D eigenvalue weighted by atomic mass is 9.97. The number of amides is 4. The van der Waals surface area contributed by atoms with Crippen molar-refractivity contribution in [3.8, 4) is 16.9 Å². The van der Waals surface area contributed by atoms with E-state index in [2.05, 4.69) is 13.8 Å². The van der Waals surface area contributed by atoms with Gasteiger partial charge in [-0.05, 0) is 108 Å². The number of carbonyl (C=O) groups is 4. The van der Waals surface area contributed by atoms with Crippen LogP contribution in [0, 0.1) is 17.6 Å². The Labute approximate surface area is 352 Å². The zero-order valence-electron chi connectivity index (χ0n) is 36.1. The van der Waals surface area contributed by atoms with Crippen molar-refractivity contribution in [1.29, 1.82) is 0 Å². The molecular weight excluding hydrogens is 773 g/mol. The molecule has 0 saturated carbocycles. The van der Waals surface area contributed by atoms with Gasteiger partial charge >= 0.3 is 12.2 Å². The number of piperazine rings is 2. The molecule has 3 heterocycles. The average molecular weight is 832 g/mol. The molecule has 324 valence electrons. The zero-order valence-corrected chi connectivity index (χ0v) is 36.1. The summed E-state index contributed by atoms with van der Waals surface area (Å²) in [6.45, 7) is 18.4. The summed E-state index contributed by atoms with van der Waals surface area (Å²) in [6.07, 6.45) is 0.112. The van der Waals surface area contributed by atoms with Crippen LogP contribution in [0.4, 0.5) is 24.1 Å². The van der Waals surface area contributed by atoms with Crippen LogP contribution in [-0.4, -0.2) is 126 Å². The first-order chi connectivity index (χ1) is 28.2. The molecule has 0 bridgehead atoms. The van der Waals surface area contributed by atoms with E-state index in [-0.39, 0.29) is 61.2 Å². The van der Waals surface area contributed by atoms with Crippen molar-refractivity contribution >= 4 is 29.7 Å². The Bertz CT molecular complexity index is 2040. The number of benzene rings is 3. The molecule has 6 rings (SSSR count). The lowest BCUT2D eigenvalue weighted by Crippen LogP contribution is -2.57. The smallest absolute Gasteiger partial charge is 0.410 e. The number of rotatable bonds is 8. The van der Waals surface area contributed by atoms with Gasteiger partial charge in [0.25, 0.3) is 11.8 Å². The van der Waals surface area contributed by atoms with Crippen molar-refractivity contribution in [2.24, 2.45) is 5.92 Å². The molecule has 3 fully saturated rings. The van der Waals surface area contributed by atoms with Crippen LogP contribution in [0.3, 0.4) is 0 Å². The molecule has 0 spiro atoms. The molecule has 0 aromatic heterocycles. The summed E-state index contributed by atoms with van der Waals surface area (Å²) in [5, 5.41) is 0. The maximum Gasteiger partial charge on any atom is 0.410 e. The molecular formula is C46H59F2N5O7. The minimum atomic E-state index is -0.625. The first kappa shape index (κ1) is 44.2. The topological polar surface area (TPSA) is 112 Å². The fourth-order valence-corrected chi connectivity index (χ4v) is 7.87. The Morgan fingerprint density at radius 3 is 1.93 bits per heavy atom. The molecule has 14 heteroatoms. The molecule has 3 aliphatic heterocycles. The van der Waals surface area contributed by atoms with Crippen LogP contribution in [0.2, 0.25) is 0 Å². The third-order valence-electron chi connectivity index (χ3n) is 10.7. The van der Waals surface area contributed by atoms with Gasteiger partial charge in [0.1, 0.15) is 34.7 Å². The zero-order chi connectivity index (χ0) is 43.5. The van der Waals surface area contributed by atoms with Gasteiger partial charge in [0, 0.05) is 87.2 Å².